The SMILES string of the molecule is CCCc1nc2sc(C)c(-c3ccccc3)c2c(=O)n1Cc1ccc(C(=O)O)o1. The molecule has 1 N–H and O–H groups in total. The Morgan fingerprint density at radius 2 is 1.97 bits per heavy atom. The fraction of sp³-hybridized carbons (Fsp3) is 0.227. The zero-order valence-electron chi connectivity index (χ0n) is 16.1. The smallest absolute Gasteiger partial charge is 0.371 e. The average molecular weight is 408 g/mol. The molecule has 0 aliphatic carbocycles. The number of nitrogens with zero attached hydrogens (tertiary/aromatic N) is 2. The standard InChI is InChI=1S/C22H20N2O4S/c1-3-7-17-23-20-19(18(13(2)29-20)14-8-5-4-6-9-14)21(25)24(17)12-15-10-11-16(28-15)22(26)27/h4-6,8-11H,3,7,12H2,1-2H3,(H,26,27). The van der Waals surface area contributed by atoms with Crippen LogP contribution in [0.25, 0.3) is 21.3 Å². The van der Waals surface area contributed by atoms with Gasteiger partial charge in [-0.25, -0.2) is 9.78 Å². The summed E-state index contributed by atoms with van der Waals surface area (Å²) in [4.78, 5) is 31.2. The molecule has 0 bridgehead atoms. The molecule has 0 aliphatic rings. The Labute approximate surface area is 171 Å². The number of fused-ring (bicyclic) bond motifs is 1. The van der Waals surface area contributed by atoms with Gasteiger partial charge >= 0.3 is 5.97 Å². The van der Waals surface area contributed by atoms with Gasteiger partial charge in [-0.2, -0.15) is 0 Å². The number of benzene rings is 1. The van der Waals surface area contributed by atoms with E-state index in [-0.39, 0.29) is 17.9 Å². The lowest BCUT2D eigenvalue weighted by Gasteiger charge is -2.11. The van der Waals surface area contributed by atoms with Crippen molar-refractivity contribution in [2.75, 3.05) is 0 Å². The van der Waals surface area contributed by atoms with E-state index in [0.29, 0.717) is 23.4 Å². The highest BCUT2D eigenvalue weighted by Gasteiger charge is 2.20. The molecule has 6 nitrogen and oxygen atoms in total. The van der Waals surface area contributed by atoms with E-state index < -0.39 is 5.97 Å². The molecule has 0 amide bonds. The summed E-state index contributed by atoms with van der Waals surface area (Å²) < 4.78 is 6.99. The van der Waals surface area contributed by atoms with Crippen molar-refractivity contribution in [3.05, 3.63) is 75.0 Å². The first-order valence-electron chi connectivity index (χ1n) is 9.39. The lowest BCUT2D eigenvalue weighted by atomic mass is 10.0. The van der Waals surface area contributed by atoms with Gasteiger partial charge in [-0.15, -0.1) is 11.3 Å². The van der Waals surface area contributed by atoms with Crippen LogP contribution >= 0.6 is 11.3 Å². The topological polar surface area (TPSA) is 85.3 Å². The number of rotatable bonds is 6. The van der Waals surface area contributed by atoms with Crippen LogP contribution in [0.4, 0.5) is 0 Å². The number of carboxylic acid groups (broad SMARTS) is 1. The van der Waals surface area contributed by atoms with Crippen molar-refractivity contribution in [2.24, 2.45) is 0 Å². The van der Waals surface area contributed by atoms with Crippen molar-refractivity contribution >= 4 is 27.5 Å². The van der Waals surface area contributed by atoms with Gasteiger partial charge in [-0.05, 0) is 31.0 Å². The highest BCUT2D eigenvalue weighted by Crippen LogP contribution is 2.35. The molecule has 4 aromatic rings. The Hall–Kier alpha value is -3.19. The molecule has 0 fully saturated rings. The van der Waals surface area contributed by atoms with Crippen molar-refractivity contribution in [2.45, 2.75) is 33.2 Å². The molecule has 0 saturated heterocycles. The van der Waals surface area contributed by atoms with Crippen LogP contribution in [0.1, 0.15) is 40.4 Å². The van der Waals surface area contributed by atoms with E-state index in [2.05, 4.69) is 0 Å². The molecule has 0 atom stereocenters. The molecule has 0 aliphatic heterocycles. The van der Waals surface area contributed by atoms with E-state index in [4.69, 9.17) is 14.5 Å². The van der Waals surface area contributed by atoms with Gasteiger partial charge in [0.2, 0.25) is 5.76 Å². The van der Waals surface area contributed by atoms with E-state index >= 15 is 0 Å². The van der Waals surface area contributed by atoms with Crippen LogP contribution in [0, 0.1) is 6.92 Å². The zero-order chi connectivity index (χ0) is 20.5. The molecule has 148 valence electrons. The third kappa shape index (κ3) is 3.49. The minimum absolute atomic E-state index is 0.130. The summed E-state index contributed by atoms with van der Waals surface area (Å²) >= 11 is 1.53. The zero-order valence-corrected chi connectivity index (χ0v) is 17.0. The predicted octanol–water partition coefficient (Wildman–Crippen LogP) is 4.73. The van der Waals surface area contributed by atoms with Gasteiger partial charge in [0, 0.05) is 16.9 Å². The van der Waals surface area contributed by atoms with E-state index in [9.17, 15) is 9.59 Å². The first kappa shape index (κ1) is 19.1. The molecule has 0 saturated carbocycles. The molecule has 29 heavy (non-hydrogen) atoms. The van der Waals surface area contributed by atoms with Gasteiger partial charge in [-0.3, -0.25) is 9.36 Å². The van der Waals surface area contributed by atoms with Crippen LogP contribution in [-0.2, 0) is 13.0 Å². The number of hydrogen-bond acceptors (Lipinski definition) is 5. The van der Waals surface area contributed by atoms with E-state index in [0.717, 1.165) is 27.3 Å². The second kappa shape index (κ2) is 7.67. The molecular weight excluding hydrogens is 388 g/mol. The first-order valence-corrected chi connectivity index (χ1v) is 10.2. The average Bonchev–Trinajstić information content (AvgIpc) is 3.30. The minimum Gasteiger partial charge on any atom is -0.475 e. The summed E-state index contributed by atoms with van der Waals surface area (Å²) in [6.45, 7) is 4.18. The first-order chi connectivity index (χ1) is 14.0. The quantitative estimate of drug-likeness (QED) is 0.499. The second-order valence-corrected chi connectivity index (χ2v) is 8.02. The van der Waals surface area contributed by atoms with Crippen LogP contribution in [0.2, 0.25) is 0 Å². The van der Waals surface area contributed by atoms with Crippen molar-refractivity contribution in [1.82, 2.24) is 9.55 Å². The molecule has 0 unspecified atom stereocenters. The van der Waals surface area contributed by atoms with E-state index in [1.807, 2.05) is 44.2 Å². The predicted molar refractivity (Wildman–Crippen MR) is 113 cm³/mol. The van der Waals surface area contributed by atoms with Crippen LogP contribution in [0.3, 0.4) is 0 Å². The maximum atomic E-state index is 13.5. The third-order valence-electron chi connectivity index (χ3n) is 4.79. The summed E-state index contributed by atoms with van der Waals surface area (Å²) in [6.07, 6.45) is 1.49. The maximum Gasteiger partial charge on any atom is 0.371 e. The Bertz CT molecular complexity index is 1250. The maximum absolute atomic E-state index is 13.5. The van der Waals surface area contributed by atoms with Crippen molar-refractivity contribution in [3.63, 3.8) is 0 Å². The van der Waals surface area contributed by atoms with E-state index in [1.54, 1.807) is 10.6 Å². The molecule has 7 heteroatoms. The summed E-state index contributed by atoms with van der Waals surface area (Å²) in [5, 5.41) is 9.69. The van der Waals surface area contributed by atoms with Crippen molar-refractivity contribution in [1.29, 1.82) is 0 Å². The molecule has 4 rings (SSSR count). The summed E-state index contributed by atoms with van der Waals surface area (Å²) in [5.41, 5.74) is 1.76. The van der Waals surface area contributed by atoms with Crippen LogP contribution in [0.5, 0.6) is 0 Å². The van der Waals surface area contributed by atoms with Crippen molar-refractivity contribution < 1.29 is 14.3 Å². The third-order valence-corrected chi connectivity index (χ3v) is 5.79. The highest BCUT2D eigenvalue weighted by atomic mass is 32.1. The minimum atomic E-state index is -1.13. The molecule has 3 aromatic heterocycles. The number of aromatic carboxylic acids is 1. The Kier molecular flexibility index (Phi) is 5.07. The van der Waals surface area contributed by atoms with Gasteiger partial charge < -0.3 is 9.52 Å². The number of aryl methyl sites for hydroxylation is 2. The van der Waals surface area contributed by atoms with E-state index in [1.165, 1.54) is 17.4 Å². The number of hydrogen-bond donors (Lipinski definition) is 1. The monoisotopic (exact) mass is 408 g/mol. The van der Waals surface area contributed by atoms with Crippen LogP contribution in [0.15, 0.2) is 51.7 Å². The second-order valence-electron chi connectivity index (χ2n) is 6.82. The highest BCUT2D eigenvalue weighted by molar-refractivity contribution is 7.19. The molecule has 3 heterocycles. The molecule has 0 spiro atoms. The van der Waals surface area contributed by atoms with Gasteiger partial charge in [0.05, 0.1) is 11.9 Å². The summed E-state index contributed by atoms with van der Waals surface area (Å²) in [5.74, 6) is -0.184. The number of carboxylic acids is 1. The van der Waals surface area contributed by atoms with Crippen LogP contribution < -0.4 is 5.56 Å². The van der Waals surface area contributed by atoms with Gasteiger partial charge in [-0.1, -0.05) is 37.3 Å². The van der Waals surface area contributed by atoms with Gasteiger partial charge in [0.15, 0.2) is 0 Å². The fourth-order valence-corrected chi connectivity index (χ4v) is 4.55. The van der Waals surface area contributed by atoms with Crippen molar-refractivity contribution in [3.8, 4) is 11.1 Å². The normalized spacial score (nSPS) is 11.2. The Balaban J connectivity index is 1.92. The van der Waals surface area contributed by atoms with Gasteiger partial charge in [0.1, 0.15) is 16.4 Å². The Morgan fingerprint density at radius 3 is 2.62 bits per heavy atom. The lowest BCUT2D eigenvalue weighted by Crippen LogP contribution is -2.25. The Morgan fingerprint density at radius 1 is 1.21 bits per heavy atom. The fourth-order valence-electron chi connectivity index (χ4n) is 3.50. The number of carbonyl (C=O) groups is 1. The molecule has 0 radical (unpaired) electrons. The number of thiophene rings is 1. The van der Waals surface area contributed by atoms with Crippen LogP contribution in [-0.4, -0.2) is 20.6 Å². The number of furan rings is 1. The molecular formula is C22H20N2O4S. The lowest BCUT2D eigenvalue weighted by molar-refractivity contribution is 0.0660. The largest absolute Gasteiger partial charge is 0.475 e. The van der Waals surface area contributed by atoms with Gasteiger partial charge in [0.25, 0.3) is 5.56 Å². The number of aromatic nitrogens is 2. The summed E-state index contributed by atoms with van der Waals surface area (Å²) in [7, 11) is 0. The summed E-state index contributed by atoms with van der Waals surface area (Å²) in [6, 6.07) is 12.8. The molecule has 1 aromatic carbocycles.